The third-order valence-corrected chi connectivity index (χ3v) is 5.17. The Morgan fingerprint density at radius 3 is 2.25 bits per heavy atom. The molecule has 0 saturated carbocycles. The van der Waals surface area contributed by atoms with Crippen LogP contribution in [0.5, 0.6) is 11.5 Å². The number of benzene rings is 2. The van der Waals surface area contributed by atoms with Gasteiger partial charge < -0.3 is 14.6 Å². The van der Waals surface area contributed by atoms with Crippen LogP contribution in [0.4, 0.5) is 0 Å². The first-order valence-electron chi connectivity index (χ1n) is 11.1. The summed E-state index contributed by atoms with van der Waals surface area (Å²) < 4.78 is 10.7. The lowest BCUT2D eigenvalue weighted by atomic mass is 9.97. The quantitative estimate of drug-likeness (QED) is 0.254. The van der Waals surface area contributed by atoms with Crippen molar-refractivity contribution in [2.24, 2.45) is 0 Å². The third kappa shape index (κ3) is 7.22. The SMILES string of the molecule is CCCc1c(COc2ccc(C(=O)CCCCC(=O)OCC)cc2)ccc(C(C)=O)c1O. The maximum atomic E-state index is 12.3. The number of unbranched alkanes of at least 4 members (excludes halogenated alkanes) is 1. The van der Waals surface area contributed by atoms with E-state index in [-0.39, 0.29) is 29.9 Å². The number of phenols is 1. The first-order valence-corrected chi connectivity index (χ1v) is 11.1. The Hall–Kier alpha value is -3.15. The van der Waals surface area contributed by atoms with Gasteiger partial charge in [0.05, 0.1) is 12.2 Å². The molecular formula is C26H32O6. The van der Waals surface area contributed by atoms with Crippen LogP contribution in [0.15, 0.2) is 36.4 Å². The van der Waals surface area contributed by atoms with Crippen molar-refractivity contribution in [1.29, 1.82) is 0 Å². The number of hydrogen-bond acceptors (Lipinski definition) is 6. The normalized spacial score (nSPS) is 10.6. The minimum absolute atomic E-state index is 0.0235. The molecule has 0 bridgehead atoms. The van der Waals surface area contributed by atoms with Crippen LogP contribution in [-0.4, -0.2) is 29.2 Å². The topological polar surface area (TPSA) is 89.9 Å². The molecular weight excluding hydrogens is 408 g/mol. The molecule has 0 unspecified atom stereocenters. The lowest BCUT2D eigenvalue weighted by Gasteiger charge is -2.14. The summed E-state index contributed by atoms with van der Waals surface area (Å²) in [5.74, 6) is 0.266. The smallest absolute Gasteiger partial charge is 0.305 e. The van der Waals surface area contributed by atoms with Gasteiger partial charge >= 0.3 is 5.97 Å². The van der Waals surface area contributed by atoms with E-state index in [4.69, 9.17) is 9.47 Å². The number of ketones is 2. The monoisotopic (exact) mass is 440 g/mol. The summed E-state index contributed by atoms with van der Waals surface area (Å²) in [5, 5.41) is 10.5. The van der Waals surface area contributed by atoms with Gasteiger partial charge in [-0.3, -0.25) is 14.4 Å². The van der Waals surface area contributed by atoms with Crippen molar-refractivity contribution in [2.75, 3.05) is 6.61 Å². The molecule has 2 rings (SSSR count). The lowest BCUT2D eigenvalue weighted by Crippen LogP contribution is -2.05. The second-order valence-electron chi connectivity index (χ2n) is 7.65. The molecule has 0 spiro atoms. The van der Waals surface area contributed by atoms with Crippen LogP contribution in [0, 0.1) is 0 Å². The van der Waals surface area contributed by atoms with Crippen molar-refractivity contribution >= 4 is 17.5 Å². The number of carbonyl (C=O) groups is 3. The summed E-state index contributed by atoms with van der Waals surface area (Å²) in [4.78, 5) is 35.4. The second-order valence-corrected chi connectivity index (χ2v) is 7.65. The van der Waals surface area contributed by atoms with Crippen molar-refractivity contribution in [2.45, 2.75) is 65.9 Å². The fourth-order valence-electron chi connectivity index (χ4n) is 3.46. The van der Waals surface area contributed by atoms with Crippen molar-refractivity contribution in [3.05, 3.63) is 58.7 Å². The molecule has 0 heterocycles. The molecule has 6 heteroatoms. The molecule has 0 atom stereocenters. The summed E-state index contributed by atoms with van der Waals surface area (Å²) in [5.41, 5.74) is 2.48. The van der Waals surface area contributed by atoms with E-state index in [0.717, 1.165) is 17.5 Å². The molecule has 0 fully saturated rings. The fraction of sp³-hybridized carbons (Fsp3) is 0.423. The third-order valence-electron chi connectivity index (χ3n) is 5.17. The van der Waals surface area contributed by atoms with Gasteiger partial charge in [-0.1, -0.05) is 19.4 Å². The molecule has 172 valence electrons. The number of aromatic hydroxyl groups is 1. The van der Waals surface area contributed by atoms with E-state index in [1.165, 1.54) is 6.92 Å². The number of Topliss-reactive ketones (excluding diaryl/α,β-unsaturated/α-hetero) is 2. The van der Waals surface area contributed by atoms with Gasteiger partial charge in [-0.2, -0.15) is 0 Å². The van der Waals surface area contributed by atoms with Gasteiger partial charge in [-0.15, -0.1) is 0 Å². The Labute approximate surface area is 189 Å². The molecule has 0 amide bonds. The number of ether oxygens (including phenoxy) is 2. The summed E-state index contributed by atoms with van der Waals surface area (Å²) >= 11 is 0. The predicted molar refractivity (Wildman–Crippen MR) is 122 cm³/mol. The van der Waals surface area contributed by atoms with Crippen LogP contribution in [0.25, 0.3) is 0 Å². The minimum atomic E-state index is -0.229. The minimum Gasteiger partial charge on any atom is -0.507 e. The number of esters is 1. The average molecular weight is 441 g/mol. The van der Waals surface area contributed by atoms with Gasteiger partial charge in [0.1, 0.15) is 18.1 Å². The first-order chi connectivity index (χ1) is 15.4. The van der Waals surface area contributed by atoms with Gasteiger partial charge in [-0.05, 0) is 69.0 Å². The summed E-state index contributed by atoms with van der Waals surface area (Å²) in [6.07, 6.45) is 3.45. The van der Waals surface area contributed by atoms with E-state index in [2.05, 4.69) is 0 Å². The molecule has 0 radical (unpaired) electrons. The molecule has 0 aliphatic rings. The Morgan fingerprint density at radius 1 is 0.938 bits per heavy atom. The number of phenolic OH excluding ortho intramolecular Hbond substituents is 1. The number of hydrogen-bond donors (Lipinski definition) is 1. The zero-order valence-electron chi connectivity index (χ0n) is 19.1. The van der Waals surface area contributed by atoms with E-state index < -0.39 is 0 Å². The van der Waals surface area contributed by atoms with E-state index in [1.807, 2.05) is 13.0 Å². The standard InChI is InChI=1S/C26H32O6/c1-4-8-23-20(13-16-22(18(3)27)26(23)30)17-32-21-14-11-19(12-15-21)24(28)9-6-7-10-25(29)31-5-2/h11-16,30H,4-10,17H2,1-3H3. The zero-order valence-corrected chi connectivity index (χ0v) is 19.1. The summed E-state index contributed by atoms with van der Waals surface area (Å²) in [6, 6.07) is 10.4. The summed E-state index contributed by atoms with van der Waals surface area (Å²) in [6.45, 7) is 5.84. The first kappa shape index (κ1) is 25.1. The maximum absolute atomic E-state index is 12.3. The van der Waals surface area contributed by atoms with E-state index in [1.54, 1.807) is 37.3 Å². The van der Waals surface area contributed by atoms with Crippen molar-refractivity contribution in [3.8, 4) is 11.5 Å². The fourth-order valence-corrected chi connectivity index (χ4v) is 3.46. The van der Waals surface area contributed by atoms with Crippen LogP contribution in [0.2, 0.25) is 0 Å². The molecule has 2 aromatic rings. The van der Waals surface area contributed by atoms with Crippen LogP contribution < -0.4 is 4.74 Å². The van der Waals surface area contributed by atoms with Crippen LogP contribution in [-0.2, 0) is 22.6 Å². The van der Waals surface area contributed by atoms with Crippen LogP contribution in [0.1, 0.15) is 84.7 Å². The Morgan fingerprint density at radius 2 is 1.62 bits per heavy atom. The Bertz CT molecular complexity index is 930. The van der Waals surface area contributed by atoms with Crippen LogP contribution in [0.3, 0.4) is 0 Å². The second kappa shape index (κ2) is 12.6. The van der Waals surface area contributed by atoms with Crippen LogP contribution >= 0.6 is 0 Å². The molecule has 1 N–H and O–H groups in total. The Balaban J connectivity index is 1.93. The van der Waals surface area contributed by atoms with Crippen molar-refractivity contribution in [1.82, 2.24) is 0 Å². The van der Waals surface area contributed by atoms with E-state index in [0.29, 0.717) is 55.6 Å². The van der Waals surface area contributed by atoms with E-state index in [9.17, 15) is 19.5 Å². The highest BCUT2D eigenvalue weighted by atomic mass is 16.5. The maximum Gasteiger partial charge on any atom is 0.305 e. The van der Waals surface area contributed by atoms with Gasteiger partial charge in [0.25, 0.3) is 0 Å². The van der Waals surface area contributed by atoms with Gasteiger partial charge in [0.2, 0.25) is 0 Å². The predicted octanol–water partition coefficient (Wildman–Crippen LogP) is 5.43. The number of rotatable bonds is 13. The molecule has 0 saturated heterocycles. The molecule has 0 aliphatic carbocycles. The van der Waals surface area contributed by atoms with E-state index >= 15 is 0 Å². The molecule has 32 heavy (non-hydrogen) atoms. The highest BCUT2D eigenvalue weighted by molar-refractivity contribution is 5.97. The highest BCUT2D eigenvalue weighted by Crippen LogP contribution is 2.29. The zero-order chi connectivity index (χ0) is 23.5. The molecule has 6 nitrogen and oxygen atoms in total. The van der Waals surface area contributed by atoms with Crippen molar-refractivity contribution < 1.29 is 29.0 Å². The lowest BCUT2D eigenvalue weighted by molar-refractivity contribution is -0.143. The largest absolute Gasteiger partial charge is 0.507 e. The highest BCUT2D eigenvalue weighted by Gasteiger charge is 2.15. The van der Waals surface area contributed by atoms with Gasteiger partial charge in [-0.25, -0.2) is 0 Å². The van der Waals surface area contributed by atoms with Crippen molar-refractivity contribution in [3.63, 3.8) is 0 Å². The average Bonchev–Trinajstić information content (AvgIpc) is 2.77. The molecule has 0 aliphatic heterocycles. The molecule has 2 aromatic carbocycles. The van der Waals surface area contributed by atoms with Gasteiger partial charge in [0, 0.05) is 24.0 Å². The number of carbonyl (C=O) groups excluding carboxylic acids is 3. The summed E-state index contributed by atoms with van der Waals surface area (Å²) in [7, 11) is 0. The Kier molecular flexibility index (Phi) is 9.92. The molecule has 0 aromatic heterocycles. The van der Waals surface area contributed by atoms with Gasteiger partial charge in [0.15, 0.2) is 11.6 Å².